The highest BCUT2D eigenvalue weighted by atomic mass is 19.1. The van der Waals surface area contributed by atoms with Crippen LogP contribution in [0.1, 0.15) is 27.6 Å². The quantitative estimate of drug-likeness (QED) is 0.562. The summed E-state index contributed by atoms with van der Waals surface area (Å²) in [6.45, 7) is 3.69. The van der Waals surface area contributed by atoms with Gasteiger partial charge < -0.3 is 14.4 Å². The lowest BCUT2D eigenvalue weighted by molar-refractivity contribution is 0.0945. The highest BCUT2D eigenvalue weighted by Gasteiger charge is 2.19. The van der Waals surface area contributed by atoms with Crippen molar-refractivity contribution in [3.05, 3.63) is 83.5 Å². The van der Waals surface area contributed by atoms with Gasteiger partial charge >= 0.3 is 0 Å². The summed E-state index contributed by atoms with van der Waals surface area (Å²) in [6.07, 6.45) is 3.27. The van der Waals surface area contributed by atoms with Crippen LogP contribution < -0.4 is 5.32 Å². The van der Waals surface area contributed by atoms with Crippen molar-refractivity contribution in [2.75, 3.05) is 0 Å². The third-order valence-electron chi connectivity index (χ3n) is 4.58. The van der Waals surface area contributed by atoms with Crippen LogP contribution in [0.4, 0.5) is 4.39 Å². The number of aryl methyl sites for hydroxylation is 1. The number of nitrogens with zero attached hydrogens (tertiary/aromatic N) is 4. The maximum Gasteiger partial charge on any atom is 0.253 e. The van der Waals surface area contributed by atoms with Crippen molar-refractivity contribution < 1.29 is 13.7 Å². The largest absolute Gasteiger partial charge is 0.343 e. The molecule has 1 N–H and O–H groups in total. The van der Waals surface area contributed by atoms with E-state index in [1.54, 1.807) is 60.3 Å². The molecule has 4 rings (SSSR count). The molecule has 7 nitrogen and oxygen atoms in total. The Balaban J connectivity index is 1.51. The molecule has 146 valence electrons. The Hall–Kier alpha value is -3.81. The van der Waals surface area contributed by atoms with Gasteiger partial charge in [0, 0.05) is 29.3 Å². The van der Waals surface area contributed by atoms with Crippen LogP contribution in [-0.4, -0.2) is 25.6 Å². The average Bonchev–Trinajstić information content (AvgIpc) is 3.32. The number of aromatic nitrogens is 4. The predicted molar refractivity (Wildman–Crippen MR) is 104 cm³/mol. The molecule has 1 amide bonds. The van der Waals surface area contributed by atoms with Crippen molar-refractivity contribution in [2.24, 2.45) is 0 Å². The van der Waals surface area contributed by atoms with Gasteiger partial charge in [-0.1, -0.05) is 17.3 Å². The van der Waals surface area contributed by atoms with Crippen LogP contribution in [0.2, 0.25) is 0 Å². The lowest BCUT2D eigenvalue weighted by atomic mass is 10.2. The molecule has 3 heterocycles. The summed E-state index contributed by atoms with van der Waals surface area (Å²) < 4.78 is 21.1. The van der Waals surface area contributed by atoms with E-state index in [2.05, 4.69) is 20.4 Å². The van der Waals surface area contributed by atoms with Crippen molar-refractivity contribution in [3.63, 3.8) is 0 Å². The molecular weight excluding hydrogens is 373 g/mol. The smallest absolute Gasteiger partial charge is 0.253 e. The highest BCUT2D eigenvalue weighted by Crippen LogP contribution is 2.23. The third kappa shape index (κ3) is 3.64. The number of hydrogen-bond donors (Lipinski definition) is 1. The van der Waals surface area contributed by atoms with Gasteiger partial charge in [-0.25, -0.2) is 4.39 Å². The summed E-state index contributed by atoms with van der Waals surface area (Å²) in [4.78, 5) is 20.9. The second-order valence-electron chi connectivity index (χ2n) is 6.50. The number of rotatable bonds is 5. The van der Waals surface area contributed by atoms with Crippen molar-refractivity contribution >= 4 is 5.91 Å². The lowest BCUT2D eigenvalue weighted by Gasteiger charge is -2.10. The number of amides is 1. The van der Waals surface area contributed by atoms with Gasteiger partial charge in [-0.15, -0.1) is 0 Å². The fourth-order valence-corrected chi connectivity index (χ4v) is 3.19. The summed E-state index contributed by atoms with van der Waals surface area (Å²) in [7, 11) is 0. The third-order valence-corrected chi connectivity index (χ3v) is 4.58. The Kier molecular flexibility index (Phi) is 4.90. The summed E-state index contributed by atoms with van der Waals surface area (Å²) in [5, 5.41) is 6.68. The summed E-state index contributed by atoms with van der Waals surface area (Å²) in [5.41, 5.74) is 3.04. The molecule has 0 aliphatic heterocycles. The van der Waals surface area contributed by atoms with Gasteiger partial charge in [-0.05, 0) is 44.2 Å². The van der Waals surface area contributed by atoms with Crippen LogP contribution in [0.5, 0.6) is 0 Å². The highest BCUT2D eigenvalue weighted by molar-refractivity contribution is 5.95. The molecule has 0 fully saturated rings. The number of para-hydroxylation sites is 1. The number of nitrogens with one attached hydrogen (secondary N) is 1. The molecule has 0 bridgehead atoms. The average molecular weight is 391 g/mol. The maximum atomic E-state index is 14.2. The molecule has 0 saturated carbocycles. The monoisotopic (exact) mass is 391 g/mol. The number of pyridine rings is 1. The molecule has 0 aliphatic rings. The Morgan fingerprint density at radius 2 is 1.93 bits per heavy atom. The zero-order valence-electron chi connectivity index (χ0n) is 15.9. The Bertz CT molecular complexity index is 1170. The Morgan fingerprint density at radius 1 is 1.17 bits per heavy atom. The molecule has 8 heteroatoms. The van der Waals surface area contributed by atoms with Crippen molar-refractivity contribution in [2.45, 2.75) is 20.4 Å². The molecule has 0 aliphatic carbocycles. The summed E-state index contributed by atoms with van der Waals surface area (Å²) in [6, 6.07) is 11.7. The van der Waals surface area contributed by atoms with Crippen LogP contribution >= 0.6 is 0 Å². The molecule has 0 unspecified atom stereocenters. The van der Waals surface area contributed by atoms with Crippen molar-refractivity contribution in [1.82, 2.24) is 25.0 Å². The van der Waals surface area contributed by atoms with E-state index in [9.17, 15) is 9.18 Å². The number of carbonyl (C=O) groups excluding carboxylic acids is 1. The van der Waals surface area contributed by atoms with Crippen LogP contribution in [0.25, 0.3) is 17.1 Å². The van der Waals surface area contributed by atoms with Gasteiger partial charge in [0.25, 0.3) is 5.91 Å². The van der Waals surface area contributed by atoms with E-state index >= 15 is 0 Å². The minimum absolute atomic E-state index is 0.0836. The van der Waals surface area contributed by atoms with E-state index in [0.29, 0.717) is 22.8 Å². The second kappa shape index (κ2) is 7.67. The normalized spacial score (nSPS) is 10.9. The fraction of sp³-hybridized carbons (Fsp3) is 0.143. The second-order valence-corrected chi connectivity index (χ2v) is 6.50. The standard InChI is InChI=1S/C21H18FN5O2/c1-13-11-16(14(2)27(13)18-6-4-3-5-17(18)22)21(28)24-12-19-25-20(26-29-19)15-7-9-23-10-8-15/h3-11H,12H2,1-2H3,(H,24,28). The summed E-state index contributed by atoms with van der Waals surface area (Å²) >= 11 is 0. The molecule has 0 spiro atoms. The van der Waals surface area contributed by atoms with Gasteiger partial charge in [0.05, 0.1) is 17.8 Å². The van der Waals surface area contributed by atoms with E-state index in [0.717, 1.165) is 11.3 Å². The molecule has 29 heavy (non-hydrogen) atoms. The van der Waals surface area contributed by atoms with Crippen LogP contribution in [0, 0.1) is 19.7 Å². The maximum absolute atomic E-state index is 14.2. The first-order chi connectivity index (χ1) is 14.0. The first-order valence-electron chi connectivity index (χ1n) is 8.99. The fourth-order valence-electron chi connectivity index (χ4n) is 3.19. The molecular formula is C21H18FN5O2. The molecule has 4 aromatic rings. The van der Waals surface area contributed by atoms with Gasteiger partial charge in [0.2, 0.25) is 11.7 Å². The van der Waals surface area contributed by atoms with Gasteiger partial charge in [0.1, 0.15) is 5.82 Å². The molecule has 3 aromatic heterocycles. The molecule has 0 saturated heterocycles. The molecule has 1 aromatic carbocycles. The first-order valence-corrected chi connectivity index (χ1v) is 8.99. The predicted octanol–water partition coefficient (Wildman–Crippen LogP) is 3.61. The number of halogens is 1. The number of benzene rings is 1. The SMILES string of the molecule is Cc1cc(C(=O)NCc2nc(-c3ccncc3)no2)c(C)n1-c1ccccc1F. The molecule has 0 atom stereocenters. The summed E-state index contributed by atoms with van der Waals surface area (Å²) in [5.74, 6) is 0.0579. The van der Waals surface area contributed by atoms with E-state index in [-0.39, 0.29) is 24.2 Å². The van der Waals surface area contributed by atoms with E-state index in [1.165, 1.54) is 6.07 Å². The Morgan fingerprint density at radius 3 is 2.69 bits per heavy atom. The minimum atomic E-state index is -0.351. The number of carbonyl (C=O) groups is 1. The topological polar surface area (TPSA) is 85.8 Å². The number of hydrogen-bond acceptors (Lipinski definition) is 5. The van der Waals surface area contributed by atoms with E-state index in [1.807, 2.05) is 6.92 Å². The van der Waals surface area contributed by atoms with Crippen LogP contribution in [0.15, 0.2) is 59.4 Å². The van der Waals surface area contributed by atoms with Crippen LogP contribution in [0.3, 0.4) is 0 Å². The zero-order chi connectivity index (χ0) is 20.4. The van der Waals surface area contributed by atoms with Gasteiger partial charge in [-0.3, -0.25) is 9.78 Å². The first kappa shape index (κ1) is 18.5. The van der Waals surface area contributed by atoms with Gasteiger partial charge in [0.15, 0.2) is 0 Å². The van der Waals surface area contributed by atoms with Crippen molar-refractivity contribution in [1.29, 1.82) is 0 Å². The molecule has 0 radical (unpaired) electrons. The van der Waals surface area contributed by atoms with Gasteiger partial charge in [-0.2, -0.15) is 4.98 Å². The van der Waals surface area contributed by atoms with E-state index < -0.39 is 0 Å². The van der Waals surface area contributed by atoms with E-state index in [4.69, 9.17) is 4.52 Å². The lowest BCUT2D eigenvalue weighted by Crippen LogP contribution is -2.23. The van der Waals surface area contributed by atoms with Crippen molar-refractivity contribution in [3.8, 4) is 17.1 Å². The Labute approximate surface area is 166 Å². The van der Waals surface area contributed by atoms with Crippen LogP contribution in [-0.2, 0) is 6.54 Å². The zero-order valence-corrected chi connectivity index (χ0v) is 15.9. The minimum Gasteiger partial charge on any atom is -0.343 e.